The van der Waals surface area contributed by atoms with E-state index >= 15 is 0 Å². The van der Waals surface area contributed by atoms with Gasteiger partial charge in [0.2, 0.25) is 0 Å². The van der Waals surface area contributed by atoms with Gasteiger partial charge >= 0.3 is 12.1 Å². The summed E-state index contributed by atoms with van der Waals surface area (Å²) in [5.41, 5.74) is 0.0494. The number of nitrogens with one attached hydrogen (secondary N) is 1. The fourth-order valence-electron chi connectivity index (χ4n) is 2.25. The Balaban J connectivity index is 2.01. The molecule has 1 aliphatic carbocycles. The van der Waals surface area contributed by atoms with E-state index in [0.717, 1.165) is 5.56 Å². The SMILES string of the molecule is COC(=O)C1=CC(CO)(NC(=O)OCc2ccccc2)C=CC1. The molecule has 0 aromatic heterocycles. The number of amides is 1. The lowest BCUT2D eigenvalue weighted by Crippen LogP contribution is -2.49. The average Bonchev–Trinajstić information content (AvgIpc) is 2.60. The molecule has 0 saturated heterocycles. The van der Waals surface area contributed by atoms with Crippen molar-refractivity contribution in [3.05, 3.63) is 59.7 Å². The van der Waals surface area contributed by atoms with E-state index in [2.05, 4.69) is 10.1 Å². The zero-order valence-corrected chi connectivity index (χ0v) is 12.8. The quantitative estimate of drug-likeness (QED) is 0.638. The molecule has 1 aromatic carbocycles. The second-order valence-corrected chi connectivity index (χ2v) is 5.15. The van der Waals surface area contributed by atoms with Crippen LogP contribution in [0, 0.1) is 0 Å². The van der Waals surface area contributed by atoms with Crippen LogP contribution in [0.15, 0.2) is 54.1 Å². The Morgan fingerprint density at radius 2 is 2.04 bits per heavy atom. The molecule has 23 heavy (non-hydrogen) atoms. The summed E-state index contributed by atoms with van der Waals surface area (Å²) in [6.45, 7) is -0.282. The zero-order valence-electron chi connectivity index (χ0n) is 12.8. The number of hydrogen-bond acceptors (Lipinski definition) is 5. The normalized spacial score (nSPS) is 19.7. The van der Waals surface area contributed by atoms with E-state index in [9.17, 15) is 14.7 Å². The number of hydrogen-bond donors (Lipinski definition) is 2. The van der Waals surface area contributed by atoms with E-state index in [-0.39, 0.29) is 6.61 Å². The predicted octanol–water partition coefficient (Wildman–Crippen LogP) is 1.70. The van der Waals surface area contributed by atoms with Gasteiger partial charge in [0.05, 0.1) is 13.7 Å². The van der Waals surface area contributed by atoms with E-state index < -0.39 is 24.2 Å². The minimum Gasteiger partial charge on any atom is -0.466 e. The van der Waals surface area contributed by atoms with E-state index in [1.54, 1.807) is 12.2 Å². The molecule has 2 N–H and O–H groups in total. The maximum absolute atomic E-state index is 12.0. The lowest BCUT2D eigenvalue weighted by molar-refractivity contribution is -0.136. The molecule has 1 unspecified atom stereocenters. The van der Waals surface area contributed by atoms with E-state index in [1.807, 2.05) is 30.3 Å². The molecule has 0 aliphatic heterocycles. The highest BCUT2D eigenvalue weighted by molar-refractivity contribution is 5.89. The number of esters is 1. The first-order valence-corrected chi connectivity index (χ1v) is 7.16. The molecule has 0 fully saturated rings. The third kappa shape index (κ3) is 4.43. The van der Waals surface area contributed by atoms with Crippen LogP contribution in [0.3, 0.4) is 0 Å². The number of carbonyl (C=O) groups excluding carboxylic acids is 2. The maximum atomic E-state index is 12.0. The summed E-state index contributed by atoms with van der Waals surface area (Å²) in [6.07, 6.45) is 4.51. The molecular formula is C17H19NO5. The number of rotatable bonds is 5. The first-order chi connectivity index (χ1) is 11.1. The summed E-state index contributed by atoms with van der Waals surface area (Å²) in [6, 6.07) is 9.24. The number of allylic oxidation sites excluding steroid dienone is 1. The molecule has 1 aliphatic rings. The third-order valence-corrected chi connectivity index (χ3v) is 3.44. The maximum Gasteiger partial charge on any atom is 0.408 e. The molecule has 6 nitrogen and oxygen atoms in total. The molecule has 122 valence electrons. The summed E-state index contributed by atoms with van der Waals surface area (Å²) in [5.74, 6) is -0.494. The van der Waals surface area contributed by atoms with Gasteiger partial charge in [0.25, 0.3) is 0 Å². The zero-order chi connectivity index (χ0) is 16.7. The molecule has 6 heteroatoms. The van der Waals surface area contributed by atoms with Crippen LogP contribution in [-0.4, -0.2) is 36.4 Å². The first kappa shape index (κ1) is 16.8. The number of carbonyl (C=O) groups is 2. The van der Waals surface area contributed by atoms with Gasteiger partial charge in [-0.1, -0.05) is 42.5 Å². The predicted molar refractivity (Wildman–Crippen MR) is 83.4 cm³/mol. The highest BCUT2D eigenvalue weighted by atomic mass is 16.5. The number of methoxy groups -OCH3 is 1. The van der Waals surface area contributed by atoms with Crippen molar-refractivity contribution in [3.63, 3.8) is 0 Å². The largest absolute Gasteiger partial charge is 0.466 e. The van der Waals surface area contributed by atoms with Gasteiger partial charge in [-0.15, -0.1) is 0 Å². The molecule has 0 spiro atoms. The van der Waals surface area contributed by atoms with Gasteiger partial charge in [-0.3, -0.25) is 0 Å². The number of benzene rings is 1. The molecule has 0 radical (unpaired) electrons. The monoisotopic (exact) mass is 317 g/mol. The minimum absolute atomic E-state index is 0.117. The summed E-state index contributed by atoms with van der Waals surface area (Å²) < 4.78 is 9.81. The fraction of sp³-hybridized carbons (Fsp3) is 0.294. The first-order valence-electron chi connectivity index (χ1n) is 7.16. The van der Waals surface area contributed by atoms with Crippen molar-refractivity contribution in [2.75, 3.05) is 13.7 Å². The van der Waals surface area contributed by atoms with Crippen molar-refractivity contribution < 1.29 is 24.2 Å². The van der Waals surface area contributed by atoms with Gasteiger partial charge < -0.3 is 19.9 Å². The van der Waals surface area contributed by atoms with Gasteiger partial charge in [-0.05, 0) is 18.1 Å². The molecule has 0 saturated carbocycles. The Bertz CT molecular complexity index is 623. The molecule has 0 heterocycles. The Labute approximate surface area is 134 Å². The molecule has 1 amide bonds. The van der Waals surface area contributed by atoms with Gasteiger partial charge in [0, 0.05) is 5.57 Å². The third-order valence-electron chi connectivity index (χ3n) is 3.44. The van der Waals surface area contributed by atoms with Gasteiger partial charge in [0.15, 0.2) is 0 Å². The lowest BCUT2D eigenvalue weighted by atomic mass is 9.90. The van der Waals surface area contributed by atoms with Crippen molar-refractivity contribution in [1.82, 2.24) is 5.32 Å². The smallest absolute Gasteiger partial charge is 0.408 e. The Morgan fingerprint density at radius 3 is 2.70 bits per heavy atom. The number of alkyl carbamates (subject to hydrolysis) is 1. The summed E-state index contributed by atoms with van der Waals surface area (Å²) in [7, 11) is 1.28. The van der Waals surface area contributed by atoms with E-state index in [1.165, 1.54) is 13.2 Å². The summed E-state index contributed by atoms with van der Waals surface area (Å²) in [4.78, 5) is 23.6. The number of aliphatic hydroxyl groups is 1. The van der Waals surface area contributed by atoms with Crippen LogP contribution in [0.25, 0.3) is 0 Å². The fourth-order valence-corrected chi connectivity index (χ4v) is 2.25. The van der Waals surface area contributed by atoms with Crippen molar-refractivity contribution in [2.24, 2.45) is 0 Å². The molecule has 0 bridgehead atoms. The van der Waals surface area contributed by atoms with Gasteiger partial charge in [-0.2, -0.15) is 0 Å². The topological polar surface area (TPSA) is 84.9 Å². The van der Waals surface area contributed by atoms with Crippen LogP contribution in [-0.2, 0) is 20.9 Å². The van der Waals surface area contributed by atoms with Crippen LogP contribution in [0.2, 0.25) is 0 Å². The van der Waals surface area contributed by atoms with E-state index in [4.69, 9.17) is 4.74 Å². The van der Waals surface area contributed by atoms with Crippen molar-refractivity contribution in [1.29, 1.82) is 0 Å². The van der Waals surface area contributed by atoms with Crippen LogP contribution in [0.4, 0.5) is 4.79 Å². The highest BCUT2D eigenvalue weighted by Gasteiger charge is 2.31. The van der Waals surface area contributed by atoms with Gasteiger partial charge in [-0.25, -0.2) is 9.59 Å². The number of ether oxygens (including phenoxy) is 2. The molecule has 1 atom stereocenters. The Kier molecular flexibility index (Phi) is 5.54. The van der Waals surface area contributed by atoms with Crippen LogP contribution < -0.4 is 5.32 Å². The summed E-state index contributed by atoms with van der Waals surface area (Å²) >= 11 is 0. The van der Waals surface area contributed by atoms with Crippen molar-refractivity contribution in [3.8, 4) is 0 Å². The second kappa shape index (κ2) is 7.60. The van der Waals surface area contributed by atoms with Crippen molar-refractivity contribution in [2.45, 2.75) is 18.6 Å². The molecular weight excluding hydrogens is 298 g/mol. The van der Waals surface area contributed by atoms with Crippen LogP contribution >= 0.6 is 0 Å². The van der Waals surface area contributed by atoms with E-state index in [0.29, 0.717) is 12.0 Å². The van der Waals surface area contributed by atoms with Crippen molar-refractivity contribution >= 4 is 12.1 Å². The highest BCUT2D eigenvalue weighted by Crippen LogP contribution is 2.21. The molecule has 1 aromatic rings. The molecule has 2 rings (SSSR count). The lowest BCUT2D eigenvalue weighted by Gasteiger charge is -2.29. The van der Waals surface area contributed by atoms with Crippen LogP contribution in [0.5, 0.6) is 0 Å². The Hall–Kier alpha value is -2.60. The second-order valence-electron chi connectivity index (χ2n) is 5.15. The summed E-state index contributed by atoms with van der Waals surface area (Å²) in [5, 5.41) is 12.2. The van der Waals surface area contributed by atoms with Crippen LogP contribution in [0.1, 0.15) is 12.0 Å². The average molecular weight is 317 g/mol. The minimum atomic E-state index is -1.17. The standard InChI is InChI=1S/C17H19NO5/c1-22-15(20)14-8-5-9-17(10-14,12-19)18-16(21)23-11-13-6-3-2-4-7-13/h2-7,9-10,19H,8,11-12H2,1H3,(H,18,21). The number of aliphatic hydroxyl groups excluding tert-OH is 1. The van der Waals surface area contributed by atoms with Gasteiger partial charge in [0.1, 0.15) is 12.1 Å². The Morgan fingerprint density at radius 1 is 1.30 bits per heavy atom.